The summed E-state index contributed by atoms with van der Waals surface area (Å²) >= 11 is 4.85. The van der Waals surface area contributed by atoms with Crippen molar-refractivity contribution in [2.45, 2.75) is 18.9 Å². The average molecular weight is 333 g/mol. The van der Waals surface area contributed by atoms with Crippen molar-refractivity contribution in [2.75, 3.05) is 0 Å². The highest BCUT2D eigenvalue weighted by Crippen LogP contribution is 2.22. The predicted octanol–water partition coefficient (Wildman–Crippen LogP) is 3.93. The number of benzene rings is 1. The lowest BCUT2D eigenvalue weighted by Crippen LogP contribution is -2.14. The van der Waals surface area contributed by atoms with Crippen LogP contribution in [0.1, 0.15) is 10.4 Å². The second-order valence-electron chi connectivity index (χ2n) is 4.01. The highest BCUT2D eigenvalue weighted by atomic mass is 79.9. The Bertz CT molecular complexity index is 542. The quantitative estimate of drug-likeness (QED) is 0.899. The molecule has 1 nitrogen and oxygen atoms in total. The van der Waals surface area contributed by atoms with Gasteiger partial charge in [0.05, 0.1) is 6.10 Å². The Morgan fingerprint density at radius 1 is 1.28 bits per heavy atom. The Morgan fingerprint density at radius 3 is 2.72 bits per heavy atom. The maximum atomic E-state index is 13.4. The lowest BCUT2D eigenvalue weighted by molar-refractivity contribution is 0.174. The molecule has 0 bridgehead atoms. The number of halogens is 3. The summed E-state index contributed by atoms with van der Waals surface area (Å²) in [6.07, 6.45) is -0.169. The minimum Gasteiger partial charge on any atom is -0.392 e. The molecular formula is C13H11BrF2OS. The first-order valence-corrected chi connectivity index (χ1v) is 7.07. The van der Waals surface area contributed by atoms with Gasteiger partial charge in [0.25, 0.3) is 0 Å². The number of aliphatic hydroxyl groups excluding tert-OH is 1. The summed E-state index contributed by atoms with van der Waals surface area (Å²) in [4.78, 5) is 1.01. The summed E-state index contributed by atoms with van der Waals surface area (Å²) in [6.45, 7) is 0. The van der Waals surface area contributed by atoms with Crippen LogP contribution in [0.5, 0.6) is 0 Å². The van der Waals surface area contributed by atoms with Crippen LogP contribution in [0.4, 0.5) is 8.78 Å². The van der Waals surface area contributed by atoms with Crippen molar-refractivity contribution >= 4 is 27.3 Å². The number of hydrogen-bond donors (Lipinski definition) is 1. The fraction of sp³-hybridized carbons (Fsp3) is 0.231. The fourth-order valence-corrected chi connectivity index (χ4v) is 3.25. The maximum Gasteiger partial charge on any atom is 0.162 e. The minimum atomic E-state index is -0.876. The normalized spacial score (nSPS) is 12.7. The van der Waals surface area contributed by atoms with E-state index in [0.717, 1.165) is 15.4 Å². The van der Waals surface area contributed by atoms with Gasteiger partial charge in [0.1, 0.15) is 0 Å². The molecule has 96 valence electrons. The molecule has 0 aliphatic heterocycles. The molecule has 0 saturated carbocycles. The Hall–Kier alpha value is -0.780. The van der Waals surface area contributed by atoms with Gasteiger partial charge in [0.2, 0.25) is 0 Å². The molecular weight excluding hydrogens is 322 g/mol. The molecule has 2 rings (SSSR count). The van der Waals surface area contributed by atoms with Gasteiger partial charge in [0.15, 0.2) is 11.6 Å². The van der Waals surface area contributed by atoms with E-state index in [0.29, 0.717) is 6.42 Å². The molecule has 18 heavy (non-hydrogen) atoms. The number of aliphatic hydroxyl groups is 1. The summed E-state index contributed by atoms with van der Waals surface area (Å²) in [7, 11) is 0. The first kappa shape index (κ1) is 13.6. The zero-order valence-corrected chi connectivity index (χ0v) is 11.8. The second-order valence-corrected chi connectivity index (χ2v) is 5.92. The first-order valence-electron chi connectivity index (χ1n) is 5.40. The molecule has 5 heteroatoms. The standard InChI is InChI=1S/C13H11BrF2OS/c14-9-5-11(18-7-9)6-10(17)4-8-2-1-3-12(15)13(8)16/h1-3,5,7,10,17H,4,6H2. The van der Waals surface area contributed by atoms with E-state index in [4.69, 9.17) is 0 Å². The third-order valence-electron chi connectivity index (χ3n) is 2.55. The van der Waals surface area contributed by atoms with Crippen LogP contribution < -0.4 is 0 Å². The molecule has 1 heterocycles. The molecule has 0 aliphatic carbocycles. The number of hydrogen-bond acceptors (Lipinski definition) is 2. The Balaban J connectivity index is 2.03. The molecule has 0 radical (unpaired) electrons. The van der Waals surface area contributed by atoms with E-state index in [1.807, 2.05) is 11.4 Å². The molecule has 0 saturated heterocycles. The lowest BCUT2D eigenvalue weighted by Gasteiger charge is -2.10. The molecule has 2 aromatic rings. The monoisotopic (exact) mass is 332 g/mol. The van der Waals surface area contributed by atoms with E-state index in [-0.39, 0.29) is 12.0 Å². The van der Waals surface area contributed by atoms with Gasteiger partial charge in [-0.15, -0.1) is 11.3 Å². The van der Waals surface area contributed by atoms with Gasteiger partial charge in [0, 0.05) is 27.6 Å². The van der Waals surface area contributed by atoms with Crippen molar-refractivity contribution in [3.8, 4) is 0 Å². The maximum absolute atomic E-state index is 13.4. The molecule has 1 aromatic heterocycles. The molecule has 1 unspecified atom stereocenters. The number of thiophene rings is 1. The van der Waals surface area contributed by atoms with E-state index >= 15 is 0 Å². The van der Waals surface area contributed by atoms with Crippen molar-refractivity contribution in [2.24, 2.45) is 0 Å². The Kier molecular flexibility index (Phi) is 4.48. The molecule has 0 amide bonds. The molecule has 0 aliphatic rings. The average Bonchev–Trinajstić information content (AvgIpc) is 2.70. The Labute approximate surface area is 116 Å². The van der Waals surface area contributed by atoms with Crippen molar-refractivity contribution in [1.82, 2.24) is 0 Å². The van der Waals surface area contributed by atoms with Gasteiger partial charge < -0.3 is 5.11 Å². The molecule has 1 atom stereocenters. The van der Waals surface area contributed by atoms with Crippen molar-refractivity contribution in [3.63, 3.8) is 0 Å². The Morgan fingerprint density at radius 2 is 2.06 bits per heavy atom. The van der Waals surface area contributed by atoms with Crippen LogP contribution in [-0.4, -0.2) is 11.2 Å². The summed E-state index contributed by atoms with van der Waals surface area (Å²) in [5, 5.41) is 11.8. The number of rotatable bonds is 4. The minimum absolute atomic E-state index is 0.110. The van der Waals surface area contributed by atoms with Gasteiger partial charge in [-0.2, -0.15) is 0 Å². The van der Waals surface area contributed by atoms with Gasteiger partial charge in [-0.25, -0.2) is 8.78 Å². The lowest BCUT2D eigenvalue weighted by atomic mass is 10.0. The van der Waals surface area contributed by atoms with Gasteiger partial charge >= 0.3 is 0 Å². The SMILES string of the molecule is OC(Cc1cc(Br)cs1)Cc1cccc(F)c1F. The third-order valence-corrected chi connectivity index (χ3v) is 4.27. The van der Waals surface area contributed by atoms with E-state index in [9.17, 15) is 13.9 Å². The van der Waals surface area contributed by atoms with Gasteiger partial charge in [-0.1, -0.05) is 12.1 Å². The zero-order chi connectivity index (χ0) is 13.1. The van der Waals surface area contributed by atoms with E-state index < -0.39 is 17.7 Å². The summed E-state index contributed by atoms with van der Waals surface area (Å²) in [5.41, 5.74) is 0.207. The highest BCUT2D eigenvalue weighted by molar-refractivity contribution is 9.10. The van der Waals surface area contributed by atoms with Crippen LogP contribution in [0.3, 0.4) is 0 Å². The van der Waals surface area contributed by atoms with E-state index in [1.54, 1.807) is 0 Å². The molecule has 1 aromatic carbocycles. The smallest absolute Gasteiger partial charge is 0.162 e. The molecule has 0 fully saturated rings. The van der Waals surface area contributed by atoms with Crippen LogP contribution in [0.2, 0.25) is 0 Å². The van der Waals surface area contributed by atoms with Crippen LogP contribution in [0.25, 0.3) is 0 Å². The van der Waals surface area contributed by atoms with E-state index in [2.05, 4.69) is 15.9 Å². The van der Waals surface area contributed by atoms with Crippen LogP contribution in [0.15, 0.2) is 34.1 Å². The van der Waals surface area contributed by atoms with Crippen molar-refractivity contribution in [1.29, 1.82) is 0 Å². The van der Waals surface area contributed by atoms with Crippen LogP contribution in [-0.2, 0) is 12.8 Å². The topological polar surface area (TPSA) is 20.2 Å². The van der Waals surface area contributed by atoms with E-state index in [1.165, 1.54) is 23.5 Å². The zero-order valence-electron chi connectivity index (χ0n) is 9.37. The largest absolute Gasteiger partial charge is 0.392 e. The highest BCUT2D eigenvalue weighted by Gasteiger charge is 2.13. The van der Waals surface area contributed by atoms with Crippen molar-refractivity contribution in [3.05, 3.63) is 56.2 Å². The third kappa shape index (κ3) is 3.37. The van der Waals surface area contributed by atoms with Crippen LogP contribution in [0, 0.1) is 11.6 Å². The summed E-state index contributed by atoms with van der Waals surface area (Å²) in [6, 6.07) is 5.92. The van der Waals surface area contributed by atoms with Crippen molar-refractivity contribution < 1.29 is 13.9 Å². The summed E-state index contributed by atoms with van der Waals surface area (Å²) in [5.74, 6) is -1.75. The van der Waals surface area contributed by atoms with Gasteiger partial charge in [-0.05, 0) is 33.6 Å². The second kappa shape index (κ2) is 5.91. The van der Waals surface area contributed by atoms with Crippen LogP contribution >= 0.6 is 27.3 Å². The molecule has 1 N–H and O–H groups in total. The predicted molar refractivity (Wildman–Crippen MR) is 71.8 cm³/mol. The molecule has 0 spiro atoms. The first-order chi connectivity index (χ1) is 8.56. The fourth-order valence-electron chi connectivity index (χ4n) is 1.73. The van der Waals surface area contributed by atoms with Gasteiger partial charge in [-0.3, -0.25) is 0 Å². The summed E-state index contributed by atoms with van der Waals surface area (Å²) < 4.78 is 27.4.